The standard InChI is InChI=1S/C27H30FNO5/c1-17-6-4-7-20(25(17)27(30)31-3)15-32-22-8-5-9-23(14-22)33-16-24-18(2)34-26(29-24)19-10-12-21(28)13-11-19/h4,6-7,10-13,22-23H,5,8-9,14-16H2,1-3H3/t22-,23+/m1/s1. The predicted octanol–water partition coefficient (Wildman–Crippen LogP) is 5.93. The third kappa shape index (κ3) is 5.72. The summed E-state index contributed by atoms with van der Waals surface area (Å²) in [5, 5.41) is 0. The SMILES string of the molecule is COC(=O)c1c(C)cccc1CO[C@@H]1CCC[C@H](OCc2nc(-c3ccc(F)cc3)oc2C)C1. The van der Waals surface area contributed by atoms with Gasteiger partial charge in [-0.15, -0.1) is 0 Å². The van der Waals surface area contributed by atoms with Crippen molar-refractivity contribution in [1.29, 1.82) is 0 Å². The fraction of sp³-hybridized carbons (Fsp3) is 0.407. The Morgan fingerprint density at radius 1 is 1.06 bits per heavy atom. The lowest BCUT2D eigenvalue weighted by Gasteiger charge is -2.29. The largest absolute Gasteiger partial charge is 0.465 e. The van der Waals surface area contributed by atoms with E-state index in [0.29, 0.717) is 30.4 Å². The minimum atomic E-state index is -0.343. The normalized spacial score (nSPS) is 18.1. The Morgan fingerprint density at radius 3 is 2.47 bits per heavy atom. The molecule has 3 aromatic rings. The van der Waals surface area contributed by atoms with Crippen LogP contribution in [0.2, 0.25) is 0 Å². The molecule has 0 bridgehead atoms. The van der Waals surface area contributed by atoms with E-state index >= 15 is 0 Å². The van der Waals surface area contributed by atoms with Crippen LogP contribution in [0.5, 0.6) is 0 Å². The minimum absolute atomic E-state index is 0.0536. The van der Waals surface area contributed by atoms with E-state index in [2.05, 4.69) is 4.98 Å². The molecule has 7 heteroatoms. The number of carbonyl (C=O) groups excluding carboxylic acids is 1. The maximum Gasteiger partial charge on any atom is 0.338 e. The Morgan fingerprint density at radius 2 is 1.76 bits per heavy atom. The molecule has 4 rings (SSSR count). The molecule has 6 nitrogen and oxygen atoms in total. The molecule has 1 saturated carbocycles. The summed E-state index contributed by atoms with van der Waals surface area (Å²) in [6, 6.07) is 11.8. The van der Waals surface area contributed by atoms with Gasteiger partial charge in [0.2, 0.25) is 5.89 Å². The number of esters is 1. The highest BCUT2D eigenvalue weighted by atomic mass is 19.1. The van der Waals surface area contributed by atoms with Crippen LogP contribution >= 0.6 is 0 Å². The van der Waals surface area contributed by atoms with Crippen LogP contribution in [0.4, 0.5) is 4.39 Å². The van der Waals surface area contributed by atoms with Gasteiger partial charge in [-0.3, -0.25) is 0 Å². The molecule has 0 N–H and O–H groups in total. The smallest absolute Gasteiger partial charge is 0.338 e. The lowest BCUT2D eigenvalue weighted by atomic mass is 9.94. The zero-order valence-corrected chi connectivity index (χ0v) is 19.8. The average molecular weight is 468 g/mol. The van der Waals surface area contributed by atoms with Crippen LogP contribution in [-0.4, -0.2) is 30.3 Å². The lowest BCUT2D eigenvalue weighted by molar-refractivity contribution is -0.0564. The molecule has 2 atom stereocenters. The van der Waals surface area contributed by atoms with Crippen molar-refractivity contribution in [1.82, 2.24) is 4.98 Å². The number of carbonyl (C=O) groups is 1. The van der Waals surface area contributed by atoms with Crippen molar-refractivity contribution in [3.05, 3.63) is 76.4 Å². The summed E-state index contributed by atoms with van der Waals surface area (Å²) in [5.74, 6) is 0.511. The van der Waals surface area contributed by atoms with Crippen LogP contribution in [0, 0.1) is 19.7 Å². The summed E-state index contributed by atoms with van der Waals surface area (Å²) >= 11 is 0. The van der Waals surface area contributed by atoms with Crippen molar-refractivity contribution in [3.8, 4) is 11.5 Å². The van der Waals surface area contributed by atoms with Crippen LogP contribution < -0.4 is 0 Å². The van der Waals surface area contributed by atoms with E-state index < -0.39 is 0 Å². The number of halogens is 1. The summed E-state index contributed by atoms with van der Waals surface area (Å²) in [7, 11) is 1.39. The highest BCUT2D eigenvalue weighted by Gasteiger charge is 2.25. The molecule has 0 spiro atoms. The Bertz CT molecular complexity index is 1120. The summed E-state index contributed by atoms with van der Waals surface area (Å²) in [6.45, 7) is 4.45. The van der Waals surface area contributed by atoms with Gasteiger partial charge in [-0.25, -0.2) is 14.2 Å². The third-order valence-corrected chi connectivity index (χ3v) is 6.24. The third-order valence-electron chi connectivity index (χ3n) is 6.24. The first kappa shape index (κ1) is 24.1. The maximum atomic E-state index is 13.2. The second kappa shape index (κ2) is 10.9. The number of hydrogen-bond acceptors (Lipinski definition) is 6. The van der Waals surface area contributed by atoms with E-state index in [0.717, 1.165) is 48.1 Å². The number of aromatic nitrogens is 1. The van der Waals surface area contributed by atoms with Gasteiger partial charge in [0.05, 0.1) is 38.1 Å². The molecule has 0 unspecified atom stereocenters. The molecule has 34 heavy (non-hydrogen) atoms. The van der Waals surface area contributed by atoms with Gasteiger partial charge in [0.25, 0.3) is 0 Å². The van der Waals surface area contributed by atoms with Crippen molar-refractivity contribution in [2.75, 3.05) is 7.11 Å². The molecule has 2 aromatic carbocycles. The molecule has 1 aliphatic rings. The van der Waals surface area contributed by atoms with E-state index in [-0.39, 0.29) is 24.0 Å². The van der Waals surface area contributed by atoms with Crippen molar-refractivity contribution in [2.24, 2.45) is 0 Å². The Kier molecular flexibility index (Phi) is 7.75. The highest BCUT2D eigenvalue weighted by molar-refractivity contribution is 5.92. The number of ether oxygens (including phenoxy) is 3. The van der Waals surface area contributed by atoms with Crippen molar-refractivity contribution in [3.63, 3.8) is 0 Å². The first-order valence-corrected chi connectivity index (χ1v) is 11.6. The average Bonchev–Trinajstić information content (AvgIpc) is 3.22. The minimum Gasteiger partial charge on any atom is -0.465 e. The van der Waals surface area contributed by atoms with Gasteiger partial charge in [-0.05, 0) is 74.9 Å². The van der Waals surface area contributed by atoms with E-state index in [1.165, 1.54) is 19.2 Å². The van der Waals surface area contributed by atoms with Crippen LogP contribution in [0.3, 0.4) is 0 Å². The van der Waals surface area contributed by atoms with Crippen LogP contribution in [0.1, 0.15) is 58.6 Å². The van der Waals surface area contributed by atoms with Crippen molar-refractivity contribution in [2.45, 2.75) is 65.0 Å². The number of aryl methyl sites for hydroxylation is 2. The molecular formula is C27H30FNO5. The van der Waals surface area contributed by atoms with Gasteiger partial charge in [0.15, 0.2) is 0 Å². The number of rotatable bonds is 8. The van der Waals surface area contributed by atoms with Crippen LogP contribution in [0.15, 0.2) is 46.9 Å². The van der Waals surface area contributed by atoms with Gasteiger partial charge >= 0.3 is 5.97 Å². The zero-order chi connectivity index (χ0) is 24.1. The van der Waals surface area contributed by atoms with Crippen molar-refractivity contribution < 1.29 is 27.8 Å². The summed E-state index contributed by atoms with van der Waals surface area (Å²) in [6.07, 6.45) is 3.81. The van der Waals surface area contributed by atoms with Gasteiger partial charge in [0, 0.05) is 5.56 Å². The Hall–Kier alpha value is -3.03. The predicted molar refractivity (Wildman–Crippen MR) is 125 cm³/mol. The molecule has 0 aliphatic heterocycles. The Balaban J connectivity index is 1.33. The van der Waals surface area contributed by atoms with Gasteiger partial charge < -0.3 is 18.6 Å². The molecule has 0 amide bonds. The second-order valence-corrected chi connectivity index (χ2v) is 8.66. The summed E-state index contributed by atoms with van der Waals surface area (Å²) in [4.78, 5) is 16.7. The second-order valence-electron chi connectivity index (χ2n) is 8.66. The van der Waals surface area contributed by atoms with Crippen LogP contribution in [-0.2, 0) is 27.4 Å². The van der Waals surface area contributed by atoms with Gasteiger partial charge in [-0.1, -0.05) is 18.2 Å². The molecular weight excluding hydrogens is 437 g/mol. The number of oxazole rings is 1. The van der Waals surface area contributed by atoms with Crippen LogP contribution in [0.25, 0.3) is 11.5 Å². The molecule has 0 saturated heterocycles. The molecule has 180 valence electrons. The summed E-state index contributed by atoms with van der Waals surface area (Å²) in [5.41, 5.74) is 3.75. The number of methoxy groups -OCH3 is 1. The first-order chi connectivity index (χ1) is 16.4. The number of nitrogens with zero attached hydrogens (tertiary/aromatic N) is 1. The Labute approximate surface area is 199 Å². The highest BCUT2D eigenvalue weighted by Crippen LogP contribution is 2.28. The maximum absolute atomic E-state index is 13.2. The monoisotopic (exact) mass is 467 g/mol. The molecule has 1 heterocycles. The topological polar surface area (TPSA) is 70.8 Å². The van der Waals surface area contributed by atoms with E-state index in [9.17, 15) is 9.18 Å². The summed E-state index contributed by atoms with van der Waals surface area (Å²) < 4.78 is 36.2. The van der Waals surface area contributed by atoms with E-state index in [4.69, 9.17) is 18.6 Å². The molecule has 0 radical (unpaired) electrons. The van der Waals surface area contributed by atoms with E-state index in [1.54, 1.807) is 12.1 Å². The van der Waals surface area contributed by atoms with Gasteiger partial charge in [0.1, 0.15) is 17.3 Å². The van der Waals surface area contributed by atoms with Crippen molar-refractivity contribution >= 4 is 5.97 Å². The molecule has 1 aliphatic carbocycles. The van der Waals surface area contributed by atoms with Gasteiger partial charge in [-0.2, -0.15) is 0 Å². The number of benzene rings is 2. The fourth-order valence-electron chi connectivity index (χ4n) is 4.33. The molecule has 1 aromatic heterocycles. The quantitative estimate of drug-likeness (QED) is 0.383. The fourth-order valence-corrected chi connectivity index (χ4v) is 4.33. The van der Waals surface area contributed by atoms with E-state index in [1.807, 2.05) is 32.0 Å². The molecule has 1 fully saturated rings. The first-order valence-electron chi connectivity index (χ1n) is 11.6. The lowest BCUT2D eigenvalue weighted by Crippen LogP contribution is -2.28. The number of hydrogen-bond donors (Lipinski definition) is 0. The zero-order valence-electron chi connectivity index (χ0n) is 19.8.